The van der Waals surface area contributed by atoms with Crippen molar-refractivity contribution in [3.63, 3.8) is 0 Å². The maximum Gasteiger partial charge on any atom is 0.214 e. The Morgan fingerprint density at radius 3 is 2.53 bits per heavy atom. The molecule has 1 aromatic carbocycles. The Morgan fingerprint density at radius 2 is 2.00 bits per heavy atom. The topological polar surface area (TPSA) is 60.2 Å². The standard InChI is InChI=1S/C15H17NO3/c1-2-3-5-10-14(12-17)15(11-16(18)19)13-8-6-4-7-9-13/h2,4,6-10,12,15H,1,3,5,11H2/b14-10-. The third kappa shape index (κ3) is 4.87. The number of hydrogen-bond acceptors (Lipinski definition) is 3. The summed E-state index contributed by atoms with van der Waals surface area (Å²) in [7, 11) is 0. The van der Waals surface area contributed by atoms with Gasteiger partial charge in [0.2, 0.25) is 6.54 Å². The molecule has 0 heterocycles. The van der Waals surface area contributed by atoms with Crippen molar-refractivity contribution < 1.29 is 9.72 Å². The highest BCUT2D eigenvalue weighted by Gasteiger charge is 2.21. The normalized spacial score (nSPS) is 12.7. The third-order valence-corrected chi connectivity index (χ3v) is 2.82. The maximum absolute atomic E-state index is 11.2. The first kappa shape index (κ1) is 14.8. The minimum absolute atomic E-state index is 0.275. The Hall–Kier alpha value is -2.23. The average Bonchev–Trinajstić information content (AvgIpc) is 2.42. The smallest absolute Gasteiger partial charge is 0.214 e. The number of allylic oxidation sites excluding steroid dienone is 2. The van der Waals surface area contributed by atoms with Crippen LogP contribution in [0, 0.1) is 10.1 Å². The quantitative estimate of drug-likeness (QED) is 0.180. The first-order chi connectivity index (χ1) is 9.19. The van der Waals surface area contributed by atoms with Crippen LogP contribution in [0.4, 0.5) is 0 Å². The minimum Gasteiger partial charge on any atom is -0.298 e. The highest BCUT2D eigenvalue weighted by atomic mass is 16.6. The van der Waals surface area contributed by atoms with Crippen molar-refractivity contribution >= 4 is 6.29 Å². The number of aldehydes is 1. The minimum atomic E-state index is -0.487. The summed E-state index contributed by atoms with van der Waals surface area (Å²) in [4.78, 5) is 21.6. The molecule has 4 nitrogen and oxygen atoms in total. The van der Waals surface area contributed by atoms with Crippen molar-refractivity contribution in [1.82, 2.24) is 0 Å². The van der Waals surface area contributed by atoms with Gasteiger partial charge in [-0.25, -0.2) is 0 Å². The number of rotatable bonds is 8. The monoisotopic (exact) mass is 259 g/mol. The molecule has 4 heteroatoms. The third-order valence-electron chi connectivity index (χ3n) is 2.82. The van der Waals surface area contributed by atoms with Crippen molar-refractivity contribution in [3.05, 3.63) is 70.3 Å². The summed E-state index contributed by atoms with van der Waals surface area (Å²) in [6.45, 7) is 3.33. The van der Waals surface area contributed by atoms with E-state index in [-0.39, 0.29) is 11.5 Å². The molecule has 0 aliphatic carbocycles. The molecule has 19 heavy (non-hydrogen) atoms. The van der Waals surface area contributed by atoms with E-state index in [1.165, 1.54) is 0 Å². The molecular formula is C15H17NO3. The number of carbonyl (C=O) groups is 1. The molecule has 100 valence electrons. The van der Waals surface area contributed by atoms with Gasteiger partial charge in [-0.15, -0.1) is 6.58 Å². The lowest BCUT2D eigenvalue weighted by Crippen LogP contribution is -2.15. The predicted molar refractivity (Wildman–Crippen MR) is 74.6 cm³/mol. The number of unbranched alkanes of at least 4 members (excludes halogenated alkanes) is 1. The lowest BCUT2D eigenvalue weighted by molar-refractivity contribution is -0.481. The van der Waals surface area contributed by atoms with Crippen LogP contribution in [0.15, 0.2) is 54.6 Å². The van der Waals surface area contributed by atoms with Crippen LogP contribution in [0.5, 0.6) is 0 Å². The van der Waals surface area contributed by atoms with Gasteiger partial charge in [0.1, 0.15) is 6.29 Å². The van der Waals surface area contributed by atoms with Crippen LogP contribution >= 0.6 is 0 Å². The fourth-order valence-corrected chi connectivity index (χ4v) is 1.88. The van der Waals surface area contributed by atoms with Crippen LogP contribution in [-0.2, 0) is 4.79 Å². The number of benzene rings is 1. The molecule has 1 atom stereocenters. The molecule has 0 saturated carbocycles. The Morgan fingerprint density at radius 1 is 1.32 bits per heavy atom. The van der Waals surface area contributed by atoms with Crippen molar-refractivity contribution in [2.75, 3.05) is 6.54 Å². The molecule has 1 aromatic rings. The first-order valence-electron chi connectivity index (χ1n) is 6.12. The van der Waals surface area contributed by atoms with E-state index in [2.05, 4.69) is 6.58 Å². The lowest BCUT2D eigenvalue weighted by atomic mass is 9.91. The van der Waals surface area contributed by atoms with Crippen LogP contribution in [0.25, 0.3) is 0 Å². The second-order valence-electron chi connectivity index (χ2n) is 4.17. The Kier molecular flexibility index (Phi) is 6.22. The van der Waals surface area contributed by atoms with Crippen molar-refractivity contribution in [2.24, 2.45) is 0 Å². The summed E-state index contributed by atoms with van der Waals surface area (Å²) in [5.41, 5.74) is 1.25. The molecule has 0 amide bonds. The zero-order chi connectivity index (χ0) is 14.1. The number of nitrogens with zero attached hydrogens (tertiary/aromatic N) is 1. The van der Waals surface area contributed by atoms with Gasteiger partial charge in [-0.3, -0.25) is 14.9 Å². The molecular weight excluding hydrogens is 242 g/mol. The fourth-order valence-electron chi connectivity index (χ4n) is 1.88. The maximum atomic E-state index is 11.2. The summed E-state index contributed by atoms with van der Waals surface area (Å²) >= 11 is 0. The molecule has 0 N–H and O–H groups in total. The van der Waals surface area contributed by atoms with Crippen LogP contribution in [0.2, 0.25) is 0 Å². The van der Waals surface area contributed by atoms with E-state index in [0.717, 1.165) is 12.0 Å². The average molecular weight is 259 g/mol. The van der Waals surface area contributed by atoms with E-state index in [4.69, 9.17) is 0 Å². The summed E-state index contributed by atoms with van der Waals surface area (Å²) < 4.78 is 0. The highest BCUT2D eigenvalue weighted by Crippen LogP contribution is 2.24. The largest absolute Gasteiger partial charge is 0.298 e. The zero-order valence-corrected chi connectivity index (χ0v) is 10.7. The summed E-state index contributed by atoms with van der Waals surface area (Å²) in [6, 6.07) is 9.08. The van der Waals surface area contributed by atoms with E-state index < -0.39 is 5.92 Å². The second kappa shape index (κ2) is 7.97. The zero-order valence-electron chi connectivity index (χ0n) is 10.7. The number of nitro groups is 1. The number of carbonyl (C=O) groups excluding carboxylic acids is 1. The van der Waals surface area contributed by atoms with Crippen molar-refractivity contribution in [1.29, 1.82) is 0 Å². The first-order valence-corrected chi connectivity index (χ1v) is 6.12. The molecule has 0 spiro atoms. The lowest BCUT2D eigenvalue weighted by Gasteiger charge is -2.13. The van der Waals surface area contributed by atoms with Gasteiger partial charge in [-0.1, -0.05) is 42.5 Å². The van der Waals surface area contributed by atoms with Gasteiger partial charge in [0.15, 0.2) is 0 Å². The highest BCUT2D eigenvalue weighted by molar-refractivity contribution is 5.76. The van der Waals surface area contributed by atoms with Gasteiger partial charge < -0.3 is 0 Å². The van der Waals surface area contributed by atoms with Gasteiger partial charge in [-0.05, 0) is 18.4 Å². The molecule has 1 unspecified atom stereocenters. The van der Waals surface area contributed by atoms with E-state index in [1.54, 1.807) is 24.3 Å². The summed E-state index contributed by atoms with van der Waals surface area (Å²) in [5, 5.41) is 10.8. The van der Waals surface area contributed by atoms with Gasteiger partial charge in [-0.2, -0.15) is 0 Å². The van der Waals surface area contributed by atoms with Crippen molar-refractivity contribution in [2.45, 2.75) is 18.8 Å². The molecule has 0 fully saturated rings. The van der Waals surface area contributed by atoms with Crippen LogP contribution in [0.1, 0.15) is 24.3 Å². The van der Waals surface area contributed by atoms with Gasteiger partial charge >= 0.3 is 0 Å². The van der Waals surface area contributed by atoms with Crippen molar-refractivity contribution in [3.8, 4) is 0 Å². The van der Waals surface area contributed by atoms with E-state index in [0.29, 0.717) is 18.3 Å². The molecule has 0 bridgehead atoms. The van der Waals surface area contributed by atoms with E-state index in [9.17, 15) is 14.9 Å². The molecule has 0 aliphatic heterocycles. The molecule has 1 rings (SSSR count). The Bertz CT molecular complexity index is 466. The molecule has 0 saturated heterocycles. The predicted octanol–water partition coefficient (Wildman–Crippen LogP) is 3.14. The van der Waals surface area contributed by atoms with Gasteiger partial charge in [0.05, 0.1) is 5.92 Å². The van der Waals surface area contributed by atoms with E-state index in [1.807, 2.05) is 18.2 Å². The Labute approximate surface area is 112 Å². The van der Waals surface area contributed by atoms with Crippen LogP contribution < -0.4 is 0 Å². The van der Waals surface area contributed by atoms with E-state index >= 15 is 0 Å². The fraction of sp³-hybridized carbons (Fsp3) is 0.267. The summed E-state index contributed by atoms with van der Waals surface area (Å²) in [5.74, 6) is -0.487. The second-order valence-corrected chi connectivity index (χ2v) is 4.17. The Balaban J connectivity index is 3.00. The van der Waals surface area contributed by atoms with Crippen LogP contribution in [-0.4, -0.2) is 17.8 Å². The van der Waals surface area contributed by atoms with Gasteiger partial charge in [0, 0.05) is 10.5 Å². The molecule has 0 aliphatic rings. The number of hydrogen-bond donors (Lipinski definition) is 0. The summed E-state index contributed by atoms with van der Waals surface area (Å²) in [6.07, 6.45) is 5.64. The molecule has 0 radical (unpaired) electrons. The van der Waals surface area contributed by atoms with Gasteiger partial charge in [0.25, 0.3) is 0 Å². The molecule has 0 aromatic heterocycles. The SMILES string of the molecule is C=CCC/C=C(/C=O)C(C[N+](=O)[O-])c1ccccc1. The van der Waals surface area contributed by atoms with Crippen LogP contribution in [0.3, 0.4) is 0 Å².